The largest absolute Gasteiger partial charge is 0.355 e. The van der Waals surface area contributed by atoms with Crippen molar-refractivity contribution < 1.29 is 4.79 Å². The Bertz CT molecular complexity index is 656. The molecule has 1 saturated heterocycles. The average Bonchev–Trinajstić information content (AvgIpc) is 2.83. The van der Waals surface area contributed by atoms with Gasteiger partial charge in [0.1, 0.15) is 5.82 Å². The van der Waals surface area contributed by atoms with Gasteiger partial charge in [-0.1, -0.05) is 48.5 Å². The Hall–Kier alpha value is -1.82. The summed E-state index contributed by atoms with van der Waals surface area (Å²) in [5, 5.41) is 12.5. The molecule has 1 atom stereocenters. The molecule has 6 heteroatoms. The van der Waals surface area contributed by atoms with E-state index in [2.05, 4.69) is 39.1 Å². The Morgan fingerprint density at radius 3 is 2.87 bits per heavy atom. The number of hydrogen-bond donors (Lipinski definition) is 1. The fourth-order valence-electron chi connectivity index (χ4n) is 2.78. The standard InChI is InChI=1S/C17H22N4OS/c1-2-21-15(12-13-8-4-3-5-9-13)19-20-17(21)23-14-10-6-7-11-18-16(14)22/h3-5,8-9,14H,2,6-7,10-12H2,1H3,(H,18,22). The summed E-state index contributed by atoms with van der Waals surface area (Å²) < 4.78 is 2.12. The van der Waals surface area contributed by atoms with E-state index in [1.54, 1.807) is 11.8 Å². The molecule has 1 aromatic heterocycles. The fraction of sp³-hybridized carbons (Fsp3) is 0.471. The van der Waals surface area contributed by atoms with Crippen LogP contribution in [0.15, 0.2) is 35.5 Å². The first-order chi connectivity index (χ1) is 11.3. The summed E-state index contributed by atoms with van der Waals surface area (Å²) in [5.41, 5.74) is 1.22. The lowest BCUT2D eigenvalue weighted by Gasteiger charge is -2.13. The Balaban J connectivity index is 1.76. The van der Waals surface area contributed by atoms with Crippen molar-refractivity contribution in [3.05, 3.63) is 41.7 Å². The number of benzene rings is 1. The third kappa shape index (κ3) is 3.93. The van der Waals surface area contributed by atoms with Crippen molar-refractivity contribution in [1.82, 2.24) is 20.1 Å². The molecule has 1 fully saturated rings. The van der Waals surface area contributed by atoms with E-state index in [1.165, 1.54) is 5.56 Å². The number of nitrogens with one attached hydrogen (secondary N) is 1. The smallest absolute Gasteiger partial charge is 0.233 e. The van der Waals surface area contributed by atoms with Crippen molar-refractivity contribution in [3.63, 3.8) is 0 Å². The fourth-order valence-corrected chi connectivity index (χ4v) is 3.96. The van der Waals surface area contributed by atoms with E-state index < -0.39 is 0 Å². The molecule has 1 aliphatic heterocycles. The number of aromatic nitrogens is 3. The molecule has 0 bridgehead atoms. The first-order valence-corrected chi connectivity index (χ1v) is 9.06. The first-order valence-electron chi connectivity index (χ1n) is 8.18. The quantitative estimate of drug-likeness (QED) is 0.915. The monoisotopic (exact) mass is 330 g/mol. The second-order valence-corrected chi connectivity index (χ2v) is 6.87. The van der Waals surface area contributed by atoms with Gasteiger partial charge in [-0.15, -0.1) is 10.2 Å². The maximum atomic E-state index is 12.1. The number of carbonyl (C=O) groups excluding carboxylic acids is 1. The highest BCUT2D eigenvalue weighted by molar-refractivity contribution is 8.00. The van der Waals surface area contributed by atoms with Crippen LogP contribution >= 0.6 is 11.8 Å². The van der Waals surface area contributed by atoms with Gasteiger partial charge in [0.15, 0.2) is 5.16 Å². The maximum absolute atomic E-state index is 12.1. The zero-order valence-corrected chi connectivity index (χ0v) is 14.2. The van der Waals surface area contributed by atoms with Crippen LogP contribution in [0.4, 0.5) is 0 Å². The molecule has 1 aliphatic rings. The Morgan fingerprint density at radius 1 is 1.26 bits per heavy atom. The molecule has 2 heterocycles. The van der Waals surface area contributed by atoms with E-state index in [9.17, 15) is 4.79 Å². The molecule has 2 aromatic rings. The van der Waals surface area contributed by atoms with Gasteiger partial charge in [-0.3, -0.25) is 4.79 Å². The highest BCUT2D eigenvalue weighted by atomic mass is 32.2. The summed E-state index contributed by atoms with van der Waals surface area (Å²) in [7, 11) is 0. The molecule has 0 saturated carbocycles. The first kappa shape index (κ1) is 16.1. The van der Waals surface area contributed by atoms with Crippen LogP contribution in [0.5, 0.6) is 0 Å². The van der Waals surface area contributed by atoms with E-state index in [1.807, 2.05) is 18.2 Å². The minimum Gasteiger partial charge on any atom is -0.355 e. The number of carbonyl (C=O) groups is 1. The van der Waals surface area contributed by atoms with Crippen LogP contribution in [-0.4, -0.2) is 32.5 Å². The van der Waals surface area contributed by atoms with Gasteiger partial charge in [0, 0.05) is 19.5 Å². The van der Waals surface area contributed by atoms with Gasteiger partial charge in [0.25, 0.3) is 0 Å². The highest BCUT2D eigenvalue weighted by Gasteiger charge is 2.24. The summed E-state index contributed by atoms with van der Waals surface area (Å²) in [6, 6.07) is 10.3. The molecule has 1 aromatic carbocycles. The van der Waals surface area contributed by atoms with Crippen LogP contribution in [0, 0.1) is 0 Å². The van der Waals surface area contributed by atoms with Crippen LogP contribution in [-0.2, 0) is 17.8 Å². The molecule has 0 radical (unpaired) electrons. The Morgan fingerprint density at radius 2 is 2.09 bits per heavy atom. The zero-order chi connectivity index (χ0) is 16.1. The molecular weight excluding hydrogens is 308 g/mol. The second kappa shape index (κ2) is 7.64. The average molecular weight is 330 g/mol. The molecule has 5 nitrogen and oxygen atoms in total. The van der Waals surface area contributed by atoms with Gasteiger partial charge in [0.05, 0.1) is 5.25 Å². The number of hydrogen-bond acceptors (Lipinski definition) is 4. The lowest BCUT2D eigenvalue weighted by Crippen LogP contribution is -2.30. The molecule has 1 unspecified atom stereocenters. The molecule has 1 N–H and O–H groups in total. The van der Waals surface area contributed by atoms with Gasteiger partial charge in [-0.2, -0.15) is 0 Å². The van der Waals surface area contributed by atoms with Crippen LogP contribution in [0.3, 0.4) is 0 Å². The van der Waals surface area contributed by atoms with Crippen molar-refractivity contribution in [3.8, 4) is 0 Å². The van der Waals surface area contributed by atoms with Crippen LogP contribution in [0.1, 0.15) is 37.6 Å². The highest BCUT2D eigenvalue weighted by Crippen LogP contribution is 2.27. The van der Waals surface area contributed by atoms with E-state index in [0.29, 0.717) is 0 Å². The van der Waals surface area contributed by atoms with Crippen LogP contribution in [0.2, 0.25) is 0 Å². The predicted octanol–water partition coefficient (Wildman–Crippen LogP) is 2.65. The van der Waals surface area contributed by atoms with Gasteiger partial charge >= 0.3 is 0 Å². The molecule has 122 valence electrons. The number of thioether (sulfide) groups is 1. The minimum absolute atomic E-state index is 0.0587. The van der Waals surface area contributed by atoms with Gasteiger partial charge < -0.3 is 9.88 Å². The molecule has 0 spiro atoms. The van der Waals surface area contributed by atoms with Gasteiger partial charge in [-0.05, 0) is 25.3 Å². The van der Waals surface area contributed by atoms with Crippen molar-refractivity contribution in [2.24, 2.45) is 0 Å². The summed E-state index contributed by atoms with van der Waals surface area (Å²) in [6.07, 6.45) is 3.80. The van der Waals surface area contributed by atoms with E-state index in [0.717, 1.165) is 49.8 Å². The number of nitrogens with zero attached hydrogens (tertiary/aromatic N) is 3. The van der Waals surface area contributed by atoms with E-state index >= 15 is 0 Å². The van der Waals surface area contributed by atoms with Crippen LogP contribution in [0.25, 0.3) is 0 Å². The molecule has 3 rings (SSSR count). The third-order valence-corrected chi connectivity index (χ3v) is 5.29. The normalized spacial score (nSPS) is 18.5. The molecule has 0 aliphatic carbocycles. The zero-order valence-electron chi connectivity index (χ0n) is 13.4. The molecule has 23 heavy (non-hydrogen) atoms. The third-order valence-electron chi connectivity index (χ3n) is 4.05. The maximum Gasteiger partial charge on any atom is 0.233 e. The summed E-state index contributed by atoms with van der Waals surface area (Å²) >= 11 is 1.55. The number of rotatable bonds is 5. The Kier molecular flexibility index (Phi) is 5.33. The molecule has 1 amide bonds. The summed E-state index contributed by atoms with van der Waals surface area (Å²) in [4.78, 5) is 12.1. The van der Waals surface area contributed by atoms with Crippen molar-refractivity contribution in [1.29, 1.82) is 0 Å². The molecular formula is C17H22N4OS. The van der Waals surface area contributed by atoms with Crippen LogP contribution < -0.4 is 5.32 Å². The van der Waals surface area contributed by atoms with E-state index in [-0.39, 0.29) is 11.2 Å². The second-order valence-electron chi connectivity index (χ2n) is 5.70. The Labute approximate surface area is 140 Å². The summed E-state index contributed by atoms with van der Waals surface area (Å²) in [6.45, 7) is 3.69. The lowest BCUT2D eigenvalue weighted by atomic mass is 10.1. The predicted molar refractivity (Wildman–Crippen MR) is 91.4 cm³/mol. The van der Waals surface area contributed by atoms with Crippen molar-refractivity contribution in [2.45, 2.75) is 49.6 Å². The van der Waals surface area contributed by atoms with Gasteiger partial charge in [0.2, 0.25) is 5.91 Å². The lowest BCUT2D eigenvalue weighted by molar-refractivity contribution is -0.120. The van der Waals surface area contributed by atoms with Crippen molar-refractivity contribution in [2.75, 3.05) is 6.54 Å². The van der Waals surface area contributed by atoms with Gasteiger partial charge in [-0.25, -0.2) is 0 Å². The number of amides is 1. The summed E-state index contributed by atoms with van der Waals surface area (Å²) in [5.74, 6) is 1.08. The SMILES string of the molecule is CCn1c(Cc2ccccc2)nnc1SC1CCCCNC1=O. The van der Waals surface area contributed by atoms with E-state index in [4.69, 9.17) is 0 Å². The topological polar surface area (TPSA) is 59.8 Å². The van der Waals surface area contributed by atoms with Crippen molar-refractivity contribution >= 4 is 17.7 Å². The minimum atomic E-state index is -0.0587.